The summed E-state index contributed by atoms with van der Waals surface area (Å²) in [6.45, 7) is 2.31. The van der Waals surface area contributed by atoms with Gasteiger partial charge in [0, 0.05) is 31.2 Å². The van der Waals surface area contributed by atoms with Gasteiger partial charge in [-0.15, -0.1) is 0 Å². The molecule has 2 aromatic heterocycles. The molecule has 0 unspecified atom stereocenters. The summed E-state index contributed by atoms with van der Waals surface area (Å²) in [6.07, 6.45) is 8.06. The van der Waals surface area contributed by atoms with E-state index in [9.17, 15) is 4.79 Å². The first-order chi connectivity index (χ1) is 11.3. The van der Waals surface area contributed by atoms with Gasteiger partial charge >= 0.3 is 0 Å². The van der Waals surface area contributed by atoms with Crippen molar-refractivity contribution in [3.63, 3.8) is 0 Å². The highest BCUT2D eigenvalue weighted by molar-refractivity contribution is 5.93. The number of pyridine rings is 2. The fourth-order valence-corrected chi connectivity index (χ4v) is 2.79. The van der Waals surface area contributed by atoms with E-state index in [1.165, 1.54) is 12.8 Å². The van der Waals surface area contributed by atoms with E-state index in [0.717, 1.165) is 37.3 Å². The molecule has 3 rings (SSSR count). The molecular weight excluding hydrogens is 288 g/mol. The van der Waals surface area contributed by atoms with Gasteiger partial charge in [-0.05, 0) is 37.1 Å². The van der Waals surface area contributed by atoms with Crippen LogP contribution in [0.25, 0.3) is 0 Å². The minimum Gasteiger partial charge on any atom is -0.379 e. The fraction of sp³-hybridized carbons (Fsp3) is 0.389. The van der Waals surface area contributed by atoms with Gasteiger partial charge in [-0.3, -0.25) is 14.8 Å². The Balaban J connectivity index is 1.65. The Labute approximate surface area is 136 Å². The number of rotatable bonds is 4. The zero-order valence-corrected chi connectivity index (χ0v) is 13.2. The Morgan fingerprint density at radius 1 is 1.04 bits per heavy atom. The highest BCUT2D eigenvalue weighted by Gasteiger charge is 2.18. The second-order valence-corrected chi connectivity index (χ2v) is 5.81. The molecule has 5 nitrogen and oxygen atoms in total. The summed E-state index contributed by atoms with van der Waals surface area (Å²) < 4.78 is 0. The van der Waals surface area contributed by atoms with Crippen LogP contribution in [-0.4, -0.2) is 33.9 Å². The zero-order chi connectivity index (χ0) is 15.9. The molecule has 3 heterocycles. The van der Waals surface area contributed by atoms with E-state index in [1.807, 2.05) is 35.2 Å². The number of nitrogens with zero attached hydrogens (tertiary/aromatic N) is 3. The third-order valence-electron chi connectivity index (χ3n) is 4.07. The SMILES string of the molecule is O=C(c1cc(NCc2ccccn2)ccn1)N1CCCCCC1. The Morgan fingerprint density at radius 3 is 2.61 bits per heavy atom. The third-order valence-corrected chi connectivity index (χ3v) is 4.07. The minimum atomic E-state index is 0.0355. The van der Waals surface area contributed by atoms with Crippen molar-refractivity contribution in [2.75, 3.05) is 18.4 Å². The predicted molar refractivity (Wildman–Crippen MR) is 90.2 cm³/mol. The Hall–Kier alpha value is -2.43. The molecule has 120 valence electrons. The molecule has 2 aromatic rings. The van der Waals surface area contributed by atoms with Gasteiger partial charge in [0.25, 0.3) is 5.91 Å². The highest BCUT2D eigenvalue weighted by Crippen LogP contribution is 2.15. The number of aromatic nitrogens is 2. The Morgan fingerprint density at radius 2 is 1.87 bits per heavy atom. The molecule has 0 aliphatic carbocycles. The normalized spacial score (nSPS) is 15.0. The van der Waals surface area contributed by atoms with Crippen LogP contribution in [0, 0.1) is 0 Å². The van der Waals surface area contributed by atoms with Gasteiger partial charge in [0.15, 0.2) is 0 Å². The van der Waals surface area contributed by atoms with Crippen molar-refractivity contribution in [3.05, 3.63) is 54.1 Å². The van der Waals surface area contributed by atoms with Crippen LogP contribution < -0.4 is 5.32 Å². The van der Waals surface area contributed by atoms with E-state index in [0.29, 0.717) is 12.2 Å². The molecule has 1 N–H and O–H groups in total. The number of carbonyl (C=O) groups excluding carboxylic acids is 1. The molecule has 1 saturated heterocycles. The summed E-state index contributed by atoms with van der Waals surface area (Å²) in [5.41, 5.74) is 2.37. The Bertz CT molecular complexity index is 636. The van der Waals surface area contributed by atoms with E-state index in [1.54, 1.807) is 12.4 Å². The summed E-state index contributed by atoms with van der Waals surface area (Å²) in [4.78, 5) is 23.1. The number of carbonyl (C=O) groups is 1. The first-order valence-corrected chi connectivity index (χ1v) is 8.22. The third kappa shape index (κ3) is 4.28. The quantitative estimate of drug-likeness (QED) is 0.942. The first-order valence-electron chi connectivity index (χ1n) is 8.22. The van der Waals surface area contributed by atoms with Crippen molar-refractivity contribution in [1.29, 1.82) is 0 Å². The second-order valence-electron chi connectivity index (χ2n) is 5.81. The summed E-state index contributed by atoms with van der Waals surface area (Å²) in [5, 5.41) is 3.30. The summed E-state index contributed by atoms with van der Waals surface area (Å²) in [6, 6.07) is 9.54. The van der Waals surface area contributed by atoms with Gasteiger partial charge in [0.1, 0.15) is 5.69 Å². The fourth-order valence-electron chi connectivity index (χ4n) is 2.79. The average Bonchev–Trinajstić information content (AvgIpc) is 2.90. The van der Waals surface area contributed by atoms with Crippen LogP contribution in [0.15, 0.2) is 42.7 Å². The molecule has 1 aliphatic rings. The maximum absolute atomic E-state index is 12.6. The smallest absolute Gasteiger partial charge is 0.272 e. The van der Waals surface area contributed by atoms with Crippen molar-refractivity contribution < 1.29 is 4.79 Å². The van der Waals surface area contributed by atoms with Crippen LogP contribution >= 0.6 is 0 Å². The topological polar surface area (TPSA) is 58.1 Å². The van der Waals surface area contributed by atoms with Gasteiger partial charge < -0.3 is 10.2 Å². The molecule has 1 aliphatic heterocycles. The van der Waals surface area contributed by atoms with Crippen molar-refractivity contribution in [3.8, 4) is 0 Å². The lowest BCUT2D eigenvalue weighted by atomic mass is 10.2. The number of hydrogen-bond donors (Lipinski definition) is 1. The Kier molecular flexibility index (Phi) is 5.19. The molecule has 5 heteroatoms. The molecule has 0 bridgehead atoms. The predicted octanol–water partition coefficient (Wildman–Crippen LogP) is 3.10. The largest absolute Gasteiger partial charge is 0.379 e. The monoisotopic (exact) mass is 310 g/mol. The first kappa shape index (κ1) is 15.5. The van der Waals surface area contributed by atoms with Crippen molar-refractivity contribution >= 4 is 11.6 Å². The molecule has 1 fully saturated rings. The minimum absolute atomic E-state index is 0.0355. The van der Waals surface area contributed by atoms with E-state index in [4.69, 9.17) is 0 Å². The van der Waals surface area contributed by atoms with Gasteiger partial charge in [-0.2, -0.15) is 0 Å². The lowest BCUT2D eigenvalue weighted by Crippen LogP contribution is -2.32. The van der Waals surface area contributed by atoms with Gasteiger partial charge in [0.05, 0.1) is 12.2 Å². The van der Waals surface area contributed by atoms with Crippen LogP contribution in [0.3, 0.4) is 0 Å². The highest BCUT2D eigenvalue weighted by atomic mass is 16.2. The lowest BCUT2D eigenvalue weighted by molar-refractivity contribution is 0.0756. The van der Waals surface area contributed by atoms with Crippen molar-refractivity contribution in [1.82, 2.24) is 14.9 Å². The molecule has 0 radical (unpaired) electrons. The molecule has 0 saturated carbocycles. The summed E-state index contributed by atoms with van der Waals surface area (Å²) in [7, 11) is 0. The van der Waals surface area contributed by atoms with E-state index >= 15 is 0 Å². The zero-order valence-electron chi connectivity index (χ0n) is 13.2. The van der Waals surface area contributed by atoms with Crippen LogP contribution in [0.1, 0.15) is 41.9 Å². The molecule has 0 atom stereocenters. The molecular formula is C18H22N4O. The lowest BCUT2D eigenvalue weighted by Gasteiger charge is -2.20. The molecule has 0 aromatic carbocycles. The van der Waals surface area contributed by atoms with Gasteiger partial charge in [0.2, 0.25) is 0 Å². The van der Waals surface area contributed by atoms with Crippen LogP contribution in [0.2, 0.25) is 0 Å². The van der Waals surface area contributed by atoms with E-state index in [-0.39, 0.29) is 5.91 Å². The maximum Gasteiger partial charge on any atom is 0.272 e. The van der Waals surface area contributed by atoms with E-state index < -0.39 is 0 Å². The number of nitrogens with one attached hydrogen (secondary N) is 1. The van der Waals surface area contributed by atoms with Crippen LogP contribution in [-0.2, 0) is 6.54 Å². The number of anilines is 1. The molecule has 23 heavy (non-hydrogen) atoms. The van der Waals surface area contributed by atoms with Crippen molar-refractivity contribution in [2.24, 2.45) is 0 Å². The van der Waals surface area contributed by atoms with Crippen molar-refractivity contribution in [2.45, 2.75) is 32.2 Å². The summed E-state index contributed by atoms with van der Waals surface area (Å²) in [5.74, 6) is 0.0355. The average molecular weight is 310 g/mol. The number of amides is 1. The van der Waals surface area contributed by atoms with Gasteiger partial charge in [-0.1, -0.05) is 18.9 Å². The number of likely N-dealkylation sites (tertiary alicyclic amines) is 1. The van der Waals surface area contributed by atoms with Gasteiger partial charge in [-0.25, -0.2) is 0 Å². The van der Waals surface area contributed by atoms with E-state index in [2.05, 4.69) is 15.3 Å². The number of hydrogen-bond acceptors (Lipinski definition) is 4. The second kappa shape index (κ2) is 7.72. The van der Waals surface area contributed by atoms with Crippen LogP contribution in [0.5, 0.6) is 0 Å². The van der Waals surface area contributed by atoms with Crippen LogP contribution in [0.4, 0.5) is 5.69 Å². The maximum atomic E-state index is 12.6. The molecule has 1 amide bonds. The molecule has 0 spiro atoms. The summed E-state index contributed by atoms with van der Waals surface area (Å²) >= 11 is 0. The standard InChI is InChI=1S/C18H22N4O/c23-18(22-11-5-1-2-6-12-22)17-13-15(8-10-20-17)21-14-16-7-3-4-9-19-16/h3-4,7-10,13H,1-2,5-6,11-12,14H2,(H,20,21).